The topological polar surface area (TPSA) is 58.1 Å². The Morgan fingerprint density at radius 2 is 2.07 bits per heavy atom. The summed E-state index contributed by atoms with van der Waals surface area (Å²) in [6.45, 7) is 5.38. The minimum absolute atomic E-state index is 0.307. The summed E-state index contributed by atoms with van der Waals surface area (Å²) in [6.07, 6.45) is 0. The maximum absolute atomic E-state index is 6.11. The molecule has 1 aromatic heterocycles. The lowest BCUT2D eigenvalue weighted by Gasteiger charge is -2.34. The van der Waals surface area contributed by atoms with Gasteiger partial charge in [-0.15, -0.1) is 11.3 Å². The van der Waals surface area contributed by atoms with Crippen LogP contribution in [0.3, 0.4) is 0 Å². The molecule has 0 spiro atoms. The molecule has 3 rings (SSSR count). The molecule has 2 heterocycles. The number of aliphatic imine (C=N–C) groups is 1. The molecule has 1 saturated heterocycles. The van der Waals surface area contributed by atoms with E-state index in [4.69, 9.17) is 21.1 Å². The molecule has 152 valence electrons. The first-order chi connectivity index (χ1) is 13.8. The minimum Gasteiger partial charge on any atom is -0.490 e. The molecule has 8 heteroatoms. The molecule has 1 aliphatic rings. The molecule has 0 amide bonds. The van der Waals surface area contributed by atoms with Crippen molar-refractivity contribution in [3.8, 4) is 5.75 Å². The smallest absolute Gasteiger partial charge is 0.191 e. The Morgan fingerprint density at radius 3 is 2.79 bits per heavy atom. The van der Waals surface area contributed by atoms with Gasteiger partial charge in [-0.1, -0.05) is 29.8 Å². The lowest BCUT2D eigenvalue weighted by atomic mass is 10.2. The number of hydrogen-bond donors (Lipinski definition) is 2. The molecule has 0 bridgehead atoms. The number of halogens is 1. The number of hydrogen-bond acceptors (Lipinski definition) is 5. The lowest BCUT2D eigenvalue weighted by Crippen LogP contribution is -2.46. The fourth-order valence-corrected chi connectivity index (χ4v) is 4.14. The zero-order chi connectivity index (χ0) is 19.6. The molecule has 1 aromatic carbocycles. The molecule has 0 radical (unpaired) electrons. The average Bonchev–Trinajstić information content (AvgIpc) is 3.26. The van der Waals surface area contributed by atoms with E-state index in [2.05, 4.69) is 38.0 Å². The lowest BCUT2D eigenvalue weighted by molar-refractivity contribution is 0.0177. The van der Waals surface area contributed by atoms with Crippen molar-refractivity contribution in [1.82, 2.24) is 15.5 Å². The van der Waals surface area contributed by atoms with Gasteiger partial charge >= 0.3 is 0 Å². The van der Waals surface area contributed by atoms with Gasteiger partial charge in [-0.25, -0.2) is 0 Å². The first-order valence-electron chi connectivity index (χ1n) is 9.45. The molecular weight excluding hydrogens is 396 g/mol. The van der Waals surface area contributed by atoms with Crippen LogP contribution in [0.15, 0.2) is 46.8 Å². The quantitative estimate of drug-likeness (QED) is 0.389. The number of nitrogens with one attached hydrogen (secondary N) is 2. The van der Waals surface area contributed by atoms with Crippen molar-refractivity contribution in [2.75, 3.05) is 53.0 Å². The van der Waals surface area contributed by atoms with E-state index < -0.39 is 0 Å². The summed E-state index contributed by atoms with van der Waals surface area (Å²) in [4.78, 5) is 8.14. The van der Waals surface area contributed by atoms with Gasteiger partial charge in [0.2, 0.25) is 0 Å². The molecule has 0 saturated carbocycles. The van der Waals surface area contributed by atoms with Gasteiger partial charge in [-0.3, -0.25) is 9.89 Å². The van der Waals surface area contributed by atoms with E-state index in [9.17, 15) is 0 Å². The van der Waals surface area contributed by atoms with Crippen LogP contribution in [0.4, 0.5) is 0 Å². The van der Waals surface area contributed by atoms with Crippen LogP contribution in [0, 0.1) is 0 Å². The van der Waals surface area contributed by atoms with E-state index in [1.807, 2.05) is 24.3 Å². The molecule has 1 atom stereocenters. The summed E-state index contributed by atoms with van der Waals surface area (Å²) in [5.41, 5.74) is 0. The van der Waals surface area contributed by atoms with E-state index in [-0.39, 0.29) is 0 Å². The van der Waals surface area contributed by atoms with Crippen molar-refractivity contribution in [2.24, 2.45) is 4.99 Å². The highest BCUT2D eigenvalue weighted by Crippen LogP contribution is 2.25. The van der Waals surface area contributed by atoms with Gasteiger partial charge in [-0.2, -0.15) is 0 Å². The van der Waals surface area contributed by atoms with E-state index in [1.54, 1.807) is 18.4 Å². The molecule has 0 aliphatic carbocycles. The van der Waals surface area contributed by atoms with Gasteiger partial charge < -0.3 is 20.1 Å². The van der Waals surface area contributed by atoms with Gasteiger partial charge in [0.1, 0.15) is 12.4 Å². The molecule has 28 heavy (non-hydrogen) atoms. The van der Waals surface area contributed by atoms with Gasteiger partial charge in [0.05, 0.1) is 30.8 Å². The Hall–Kier alpha value is -1.80. The third kappa shape index (κ3) is 6.10. The summed E-state index contributed by atoms with van der Waals surface area (Å²) < 4.78 is 11.2. The van der Waals surface area contributed by atoms with E-state index in [1.165, 1.54) is 4.88 Å². The number of para-hydroxylation sites is 1. The summed E-state index contributed by atoms with van der Waals surface area (Å²) in [7, 11) is 1.78. The Kier molecular flexibility index (Phi) is 8.42. The second-order valence-corrected chi connectivity index (χ2v) is 7.72. The number of ether oxygens (including phenoxy) is 2. The maximum Gasteiger partial charge on any atom is 0.191 e. The second-order valence-electron chi connectivity index (χ2n) is 6.34. The molecular formula is C20H27ClN4O2S. The Balaban J connectivity index is 1.47. The molecule has 2 aromatic rings. The monoisotopic (exact) mass is 422 g/mol. The highest BCUT2D eigenvalue weighted by molar-refractivity contribution is 7.10. The third-order valence-electron chi connectivity index (χ3n) is 4.53. The van der Waals surface area contributed by atoms with Crippen molar-refractivity contribution in [1.29, 1.82) is 0 Å². The average molecular weight is 423 g/mol. The Labute approximate surface area is 175 Å². The van der Waals surface area contributed by atoms with Crippen LogP contribution in [0.25, 0.3) is 0 Å². The van der Waals surface area contributed by atoms with Crippen LogP contribution >= 0.6 is 22.9 Å². The summed E-state index contributed by atoms with van der Waals surface area (Å²) in [6, 6.07) is 12.1. The first-order valence-corrected chi connectivity index (χ1v) is 10.7. The van der Waals surface area contributed by atoms with Crippen molar-refractivity contribution >= 4 is 28.9 Å². The highest BCUT2D eigenvalue weighted by Gasteiger charge is 2.23. The Bertz CT molecular complexity index is 736. The third-order valence-corrected chi connectivity index (χ3v) is 5.82. The predicted octanol–water partition coefficient (Wildman–Crippen LogP) is 3.02. The van der Waals surface area contributed by atoms with E-state index >= 15 is 0 Å². The van der Waals surface area contributed by atoms with Crippen LogP contribution in [-0.4, -0.2) is 63.9 Å². The van der Waals surface area contributed by atoms with Gasteiger partial charge in [0.15, 0.2) is 5.96 Å². The zero-order valence-corrected chi connectivity index (χ0v) is 17.6. The fraction of sp³-hybridized carbons (Fsp3) is 0.450. The van der Waals surface area contributed by atoms with Crippen LogP contribution < -0.4 is 15.4 Å². The summed E-state index contributed by atoms with van der Waals surface area (Å²) in [5, 5.41) is 9.49. The number of guanidine groups is 1. The second kappa shape index (κ2) is 11.3. The van der Waals surface area contributed by atoms with Crippen LogP contribution in [0.2, 0.25) is 5.02 Å². The highest BCUT2D eigenvalue weighted by atomic mass is 35.5. The van der Waals surface area contributed by atoms with Crippen LogP contribution in [0.1, 0.15) is 10.9 Å². The van der Waals surface area contributed by atoms with Gasteiger partial charge in [0.25, 0.3) is 0 Å². The molecule has 2 N–H and O–H groups in total. The van der Waals surface area contributed by atoms with E-state index in [0.717, 1.165) is 38.8 Å². The standard InChI is InChI=1S/C20H27ClN4O2S/c1-22-20(23-8-11-27-18-6-3-2-5-16(18)21)24-15-17(19-7-4-14-28-19)25-9-12-26-13-10-25/h2-7,14,17H,8-13,15H2,1H3,(H2,22,23,24). The SMILES string of the molecule is CN=C(NCCOc1ccccc1Cl)NCC(c1cccs1)N1CCOCC1. The number of rotatable bonds is 8. The number of morpholine rings is 1. The molecule has 1 fully saturated rings. The minimum atomic E-state index is 0.307. The van der Waals surface area contributed by atoms with Gasteiger partial charge in [0, 0.05) is 31.6 Å². The van der Waals surface area contributed by atoms with Crippen molar-refractivity contribution < 1.29 is 9.47 Å². The molecule has 1 unspecified atom stereocenters. The predicted molar refractivity (Wildman–Crippen MR) is 116 cm³/mol. The van der Waals surface area contributed by atoms with Crippen molar-refractivity contribution in [2.45, 2.75) is 6.04 Å². The normalized spacial score (nSPS) is 16.6. The largest absolute Gasteiger partial charge is 0.490 e. The maximum atomic E-state index is 6.11. The number of thiophene rings is 1. The Morgan fingerprint density at radius 1 is 1.25 bits per heavy atom. The van der Waals surface area contributed by atoms with Crippen LogP contribution in [-0.2, 0) is 4.74 Å². The summed E-state index contributed by atoms with van der Waals surface area (Å²) in [5.74, 6) is 1.46. The van der Waals surface area contributed by atoms with Crippen molar-refractivity contribution in [3.05, 3.63) is 51.7 Å². The first kappa shape index (κ1) is 20.9. The van der Waals surface area contributed by atoms with E-state index in [0.29, 0.717) is 30.0 Å². The van der Waals surface area contributed by atoms with Crippen LogP contribution in [0.5, 0.6) is 5.75 Å². The van der Waals surface area contributed by atoms with Crippen molar-refractivity contribution in [3.63, 3.8) is 0 Å². The fourth-order valence-electron chi connectivity index (χ4n) is 3.09. The summed E-state index contributed by atoms with van der Waals surface area (Å²) >= 11 is 7.90. The number of nitrogens with zero attached hydrogens (tertiary/aromatic N) is 2. The molecule has 6 nitrogen and oxygen atoms in total. The van der Waals surface area contributed by atoms with Gasteiger partial charge in [-0.05, 0) is 23.6 Å². The molecule has 1 aliphatic heterocycles. The zero-order valence-electron chi connectivity index (χ0n) is 16.1. The number of benzene rings is 1.